The molecule has 0 atom stereocenters. The summed E-state index contributed by atoms with van der Waals surface area (Å²) < 4.78 is 68.8. The van der Waals surface area contributed by atoms with Crippen molar-refractivity contribution in [3.8, 4) is 11.5 Å². The largest absolute Gasteiger partial charge is 0.490 e. The summed E-state index contributed by atoms with van der Waals surface area (Å²) in [5.74, 6) is -4.98. The number of carboxylic acid groups (broad SMARTS) is 2. The Morgan fingerprint density at radius 2 is 1.43 bits per heavy atom. The van der Waals surface area contributed by atoms with Gasteiger partial charge in [-0.05, 0) is 12.1 Å². The lowest BCUT2D eigenvalue weighted by molar-refractivity contribution is -0.193. The first-order valence-corrected chi connectivity index (χ1v) is 9.55. The number of benzene rings is 1. The van der Waals surface area contributed by atoms with Gasteiger partial charge in [-0.3, -0.25) is 0 Å². The molecule has 1 aromatic carbocycles. The van der Waals surface area contributed by atoms with Crippen LogP contribution in [0.25, 0.3) is 22.4 Å². The van der Waals surface area contributed by atoms with Crippen LogP contribution < -0.4 is 10.2 Å². The molecular formula is C19H17F6N5O5. The third kappa shape index (κ3) is 8.40. The number of halogens is 6. The van der Waals surface area contributed by atoms with Gasteiger partial charge in [0, 0.05) is 31.6 Å². The normalized spacial score (nSPS) is 13.8. The summed E-state index contributed by atoms with van der Waals surface area (Å²) in [5.41, 5.74) is 1.67. The van der Waals surface area contributed by atoms with Gasteiger partial charge in [0.25, 0.3) is 0 Å². The maximum absolute atomic E-state index is 10.6. The number of aromatic nitrogens is 3. The first-order chi connectivity index (χ1) is 16.3. The molecule has 0 spiro atoms. The molecule has 190 valence electrons. The van der Waals surface area contributed by atoms with E-state index in [-0.39, 0.29) is 0 Å². The molecule has 35 heavy (non-hydrogen) atoms. The zero-order valence-electron chi connectivity index (χ0n) is 17.5. The van der Waals surface area contributed by atoms with Crippen LogP contribution in [0.5, 0.6) is 0 Å². The summed E-state index contributed by atoms with van der Waals surface area (Å²) in [7, 11) is 0. The zero-order chi connectivity index (χ0) is 26.2. The second-order valence-corrected chi connectivity index (χ2v) is 6.63. The number of carboxylic acids is 2. The number of fused-ring (bicyclic) bond motifs is 1. The van der Waals surface area contributed by atoms with Crippen LogP contribution in [0.15, 0.2) is 40.9 Å². The van der Waals surface area contributed by atoms with E-state index in [2.05, 4.69) is 25.3 Å². The van der Waals surface area contributed by atoms with Crippen LogP contribution in [-0.4, -0.2) is 75.8 Å². The van der Waals surface area contributed by atoms with Gasteiger partial charge in [-0.2, -0.15) is 31.3 Å². The molecule has 3 N–H and O–H groups in total. The first kappa shape index (κ1) is 27.3. The Labute approximate surface area is 192 Å². The SMILES string of the molecule is O=C(O)C(F)(F)F.O=C(O)C(F)(F)F.c1ccc2nc(-c3noc(N4CCNCC4)n3)ccc2c1. The van der Waals surface area contributed by atoms with E-state index in [0.29, 0.717) is 11.8 Å². The standard InChI is InChI=1S/C15H15N5O.2C2HF3O2/c1-2-4-12-11(3-1)5-6-13(17-12)14-18-15(21-19-14)20-9-7-16-8-10-20;2*3-2(4,5)1(6)7/h1-6,16H,7-10H2;2*(H,6,7). The van der Waals surface area contributed by atoms with Gasteiger partial charge in [0.1, 0.15) is 5.69 Å². The van der Waals surface area contributed by atoms with Gasteiger partial charge in [0.05, 0.1) is 5.52 Å². The fraction of sp³-hybridized carbons (Fsp3) is 0.316. The molecule has 0 bridgehead atoms. The van der Waals surface area contributed by atoms with Crippen molar-refractivity contribution < 1.29 is 50.7 Å². The molecule has 3 aromatic rings. The highest BCUT2D eigenvalue weighted by Crippen LogP contribution is 2.21. The zero-order valence-corrected chi connectivity index (χ0v) is 17.5. The summed E-state index contributed by atoms with van der Waals surface area (Å²) in [4.78, 5) is 28.9. The van der Waals surface area contributed by atoms with Crippen molar-refractivity contribution in [2.75, 3.05) is 31.1 Å². The summed E-state index contributed by atoms with van der Waals surface area (Å²) in [6, 6.07) is 12.5. The molecule has 1 aliphatic rings. The van der Waals surface area contributed by atoms with Crippen LogP contribution >= 0.6 is 0 Å². The number of alkyl halides is 6. The Bertz CT molecular complexity index is 1120. The Morgan fingerprint density at radius 3 is 1.97 bits per heavy atom. The maximum atomic E-state index is 10.6. The molecule has 1 aliphatic heterocycles. The van der Waals surface area contributed by atoms with E-state index in [1.807, 2.05) is 36.4 Å². The molecule has 1 fully saturated rings. The number of hydrogen-bond acceptors (Lipinski definition) is 8. The van der Waals surface area contributed by atoms with Gasteiger partial charge in [-0.25, -0.2) is 14.6 Å². The Balaban J connectivity index is 0.000000257. The number of nitrogens with zero attached hydrogens (tertiary/aromatic N) is 4. The van der Waals surface area contributed by atoms with Gasteiger partial charge in [-0.1, -0.05) is 29.4 Å². The van der Waals surface area contributed by atoms with Crippen molar-refractivity contribution in [2.45, 2.75) is 12.4 Å². The number of pyridine rings is 1. The maximum Gasteiger partial charge on any atom is 0.490 e. The average Bonchev–Trinajstić information content (AvgIpc) is 3.29. The second-order valence-electron chi connectivity index (χ2n) is 6.63. The first-order valence-electron chi connectivity index (χ1n) is 9.55. The van der Waals surface area contributed by atoms with E-state index in [0.717, 1.165) is 42.8 Å². The molecule has 4 rings (SSSR count). The van der Waals surface area contributed by atoms with Gasteiger partial charge in [0.15, 0.2) is 0 Å². The Kier molecular flexibility index (Phi) is 8.93. The molecule has 3 heterocycles. The van der Waals surface area contributed by atoms with Gasteiger partial charge in [0.2, 0.25) is 5.82 Å². The third-order valence-corrected chi connectivity index (χ3v) is 4.12. The van der Waals surface area contributed by atoms with E-state index >= 15 is 0 Å². The van der Waals surface area contributed by atoms with Crippen LogP contribution in [-0.2, 0) is 9.59 Å². The lowest BCUT2D eigenvalue weighted by Gasteiger charge is -2.24. The van der Waals surface area contributed by atoms with Crippen molar-refractivity contribution in [1.29, 1.82) is 0 Å². The highest BCUT2D eigenvalue weighted by Gasteiger charge is 2.38. The van der Waals surface area contributed by atoms with Crippen LogP contribution in [0, 0.1) is 0 Å². The number of nitrogens with one attached hydrogen (secondary N) is 1. The number of hydrogen-bond donors (Lipinski definition) is 3. The van der Waals surface area contributed by atoms with E-state index in [1.165, 1.54) is 0 Å². The molecular weight excluding hydrogens is 492 g/mol. The summed E-state index contributed by atoms with van der Waals surface area (Å²) in [5, 5.41) is 22.7. The number of aliphatic carboxylic acids is 2. The van der Waals surface area contributed by atoms with E-state index < -0.39 is 24.3 Å². The highest BCUT2D eigenvalue weighted by molar-refractivity contribution is 5.80. The van der Waals surface area contributed by atoms with E-state index in [1.54, 1.807) is 0 Å². The highest BCUT2D eigenvalue weighted by atomic mass is 19.4. The van der Waals surface area contributed by atoms with E-state index in [4.69, 9.17) is 24.3 Å². The molecule has 1 saturated heterocycles. The molecule has 2 aromatic heterocycles. The molecule has 0 amide bonds. The Hall–Kier alpha value is -3.95. The van der Waals surface area contributed by atoms with Crippen LogP contribution in [0.2, 0.25) is 0 Å². The van der Waals surface area contributed by atoms with Gasteiger partial charge in [-0.15, -0.1) is 0 Å². The Morgan fingerprint density at radius 1 is 0.886 bits per heavy atom. The van der Waals surface area contributed by atoms with Gasteiger partial charge < -0.3 is 25.0 Å². The van der Waals surface area contributed by atoms with Crippen molar-refractivity contribution in [1.82, 2.24) is 20.4 Å². The molecule has 0 unspecified atom stereocenters. The lowest BCUT2D eigenvalue weighted by Crippen LogP contribution is -2.43. The summed E-state index contributed by atoms with van der Waals surface area (Å²) in [6.07, 6.45) is -10.2. The summed E-state index contributed by atoms with van der Waals surface area (Å²) in [6.45, 7) is 3.64. The average molecular weight is 509 g/mol. The minimum Gasteiger partial charge on any atom is -0.475 e. The number of piperazine rings is 1. The van der Waals surface area contributed by atoms with Crippen molar-refractivity contribution in [3.05, 3.63) is 36.4 Å². The number of anilines is 1. The number of rotatable bonds is 2. The number of para-hydroxylation sites is 1. The van der Waals surface area contributed by atoms with Crippen molar-refractivity contribution in [2.24, 2.45) is 0 Å². The summed E-state index contributed by atoms with van der Waals surface area (Å²) >= 11 is 0. The topological polar surface area (TPSA) is 142 Å². The fourth-order valence-electron chi connectivity index (χ4n) is 2.49. The minimum absolute atomic E-state index is 0.536. The lowest BCUT2D eigenvalue weighted by atomic mass is 10.2. The second kappa shape index (κ2) is 11.5. The van der Waals surface area contributed by atoms with Gasteiger partial charge >= 0.3 is 30.3 Å². The molecule has 0 radical (unpaired) electrons. The van der Waals surface area contributed by atoms with Crippen molar-refractivity contribution in [3.63, 3.8) is 0 Å². The molecule has 10 nitrogen and oxygen atoms in total. The predicted octanol–water partition coefficient (Wildman–Crippen LogP) is 2.96. The quantitative estimate of drug-likeness (QED) is 0.442. The third-order valence-electron chi connectivity index (χ3n) is 4.12. The molecule has 16 heteroatoms. The monoisotopic (exact) mass is 509 g/mol. The van der Waals surface area contributed by atoms with Crippen LogP contribution in [0.1, 0.15) is 0 Å². The fourth-order valence-corrected chi connectivity index (χ4v) is 2.49. The predicted molar refractivity (Wildman–Crippen MR) is 107 cm³/mol. The van der Waals surface area contributed by atoms with Crippen molar-refractivity contribution >= 4 is 28.9 Å². The minimum atomic E-state index is -5.08. The molecule has 0 saturated carbocycles. The molecule has 0 aliphatic carbocycles. The van der Waals surface area contributed by atoms with Crippen LogP contribution in [0.3, 0.4) is 0 Å². The smallest absolute Gasteiger partial charge is 0.475 e. The van der Waals surface area contributed by atoms with Crippen LogP contribution in [0.4, 0.5) is 32.4 Å². The number of carbonyl (C=O) groups is 2. The van der Waals surface area contributed by atoms with E-state index in [9.17, 15) is 26.3 Å².